The Morgan fingerprint density at radius 2 is 0.939 bits per heavy atom. The molecule has 0 aliphatic carbocycles. The predicted octanol–water partition coefficient (Wildman–Crippen LogP) is 3.20. The number of carboxylic acid groups (broad SMARTS) is 2. The van der Waals surface area contributed by atoms with Gasteiger partial charge in [-0.3, -0.25) is 0 Å². The molecule has 0 saturated heterocycles. The van der Waals surface area contributed by atoms with Gasteiger partial charge in [0.15, 0.2) is 0 Å². The summed E-state index contributed by atoms with van der Waals surface area (Å²) in [4.78, 5) is 44.7. The van der Waals surface area contributed by atoms with Crippen LogP contribution in [0.5, 0.6) is 0 Å². The van der Waals surface area contributed by atoms with Gasteiger partial charge in [0.2, 0.25) is 0 Å². The topological polar surface area (TPSA) is 183 Å². The highest BCUT2D eigenvalue weighted by Gasteiger charge is 2.28. The number of rotatable bonds is 8. The molecule has 11 heteroatoms. The van der Waals surface area contributed by atoms with E-state index in [1.165, 1.54) is 0 Å². The third kappa shape index (κ3) is 17.6. The first-order valence-electron chi connectivity index (χ1n) is 10.8. The second-order valence-corrected chi connectivity index (χ2v) is 9.70. The number of alkyl carbamates (subject to hydrolysis) is 2. The smallest absolute Gasteiger partial charge is 0.408 e. The fraction of sp³-hybridized carbons (Fsp3) is 0.818. The normalized spacial score (nSPS) is 14.6. The van der Waals surface area contributed by atoms with Gasteiger partial charge in [-0.25, -0.2) is 19.2 Å². The van der Waals surface area contributed by atoms with E-state index in [1.807, 2.05) is 13.8 Å². The standard InChI is InChI=1S/2C11H21NO4.H2O/c2*1-6-7(2)8(9(13)14)12-10(15)16-11(3,4)5;/h2*7-8H,6H2,1-5H3,(H,12,15)(H,13,14);1H2/t2*7-,8-;/m00./s1. The number of hydrogen-bond acceptors (Lipinski definition) is 6. The average molecular weight is 481 g/mol. The number of aliphatic carboxylic acids is 2. The first-order chi connectivity index (χ1) is 14.3. The second kappa shape index (κ2) is 15.3. The van der Waals surface area contributed by atoms with E-state index in [2.05, 4.69) is 10.6 Å². The third-order valence-corrected chi connectivity index (χ3v) is 4.30. The number of amides is 2. The molecular weight excluding hydrogens is 436 g/mol. The quantitative estimate of drug-likeness (QED) is 0.408. The molecule has 0 bridgehead atoms. The molecule has 0 fully saturated rings. The lowest BCUT2D eigenvalue weighted by atomic mass is 10.00. The zero-order valence-corrected chi connectivity index (χ0v) is 21.6. The van der Waals surface area contributed by atoms with Gasteiger partial charge in [-0.2, -0.15) is 0 Å². The van der Waals surface area contributed by atoms with Crippen LogP contribution in [-0.2, 0) is 19.1 Å². The van der Waals surface area contributed by atoms with Gasteiger partial charge in [-0.1, -0.05) is 40.5 Å². The summed E-state index contributed by atoms with van der Waals surface area (Å²) in [6, 6.07) is -1.81. The van der Waals surface area contributed by atoms with E-state index in [9.17, 15) is 19.2 Å². The van der Waals surface area contributed by atoms with Gasteiger partial charge in [-0.05, 0) is 53.4 Å². The lowest BCUT2D eigenvalue weighted by molar-refractivity contribution is -0.141. The van der Waals surface area contributed by atoms with E-state index in [0.717, 1.165) is 0 Å². The summed E-state index contributed by atoms with van der Waals surface area (Å²) in [5, 5.41) is 22.6. The number of nitrogens with one attached hydrogen (secondary N) is 2. The van der Waals surface area contributed by atoms with Gasteiger partial charge in [0, 0.05) is 0 Å². The average Bonchev–Trinajstić information content (AvgIpc) is 2.60. The monoisotopic (exact) mass is 480 g/mol. The van der Waals surface area contributed by atoms with Crippen molar-refractivity contribution in [2.45, 2.75) is 105 Å². The van der Waals surface area contributed by atoms with Gasteiger partial charge in [0.25, 0.3) is 0 Å². The summed E-state index contributed by atoms with van der Waals surface area (Å²) >= 11 is 0. The van der Waals surface area contributed by atoms with E-state index in [4.69, 9.17) is 19.7 Å². The predicted molar refractivity (Wildman–Crippen MR) is 124 cm³/mol. The van der Waals surface area contributed by atoms with E-state index >= 15 is 0 Å². The number of carboxylic acids is 2. The van der Waals surface area contributed by atoms with Crippen LogP contribution in [0.1, 0.15) is 82.1 Å². The molecule has 0 aliphatic heterocycles. The minimum absolute atomic E-state index is 0. The highest BCUT2D eigenvalue weighted by Crippen LogP contribution is 2.12. The molecule has 0 spiro atoms. The minimum atomic E-state index is -1.04. The van der Waals surface area contributed by atoms with E-state index in [0.29, 0.717) is 12.8 Å². The van der Waals surface area contributed by atoms with E-state index < -0.39 is 47.4 Å². The van der Waals surface area contributed by atoms with Crippen molar-refractivity contribution in [2.24, 2.45) is 11.8 Å². The largest absolute Gasteiger partial charge is 0.480 e. The summed E-state index contributed by atoms with van der Waals surface area (Å²) in [7, 11) is 0. The molecule has 0 aromatic rings. The van der Waals surface area contributed by atoms with Gasteiger partial charge >= 0.3 is 24.1 Å². The maximum absolute atomic E-state index is 11.4. The van der Waals surface area contributed by atoms with Crippen molar-refractivity contribution in [1.29, 1.82) is 0 Å². The fourth-order valence-electron chi connectivity index (χ4n) is 2.24. The summed E-state index contributed by atoms with van der Waals surface area (Å²) in [5.74, 6) is -2.35. The van der Waals surface area contributed by atoms with Crippen LogP contribution in [0.3, 0.4) is 0 Å². The molecule has 0 rings (SSSR count). The zero-order chi connectivity index (χ0) is 25.9. The molecule has 0 aliphatic rings. The maximum Gasteiger partial charge on any atom is 0.408 e. The summed E-state index contributed by atoms with van der Waals surface area (Å²) in [5.41, 5.74) is -1.24. The Morgan fingerprint density at radius 1 is 0.697 bits per heavy atom. The van der Waals surface area contributed by atoms with Crippen LogP contribution >= 0.6 is 0 Å². The van der Waals surface area contributed by atoms with Crippen molar-refractivity contribution in [2.75, 3.05) is 0 Å². The molecule has 0 aromatic heterocycles. The van der Waals surface area contributed by atoms with Gasteiger partial charge in [0.05, 0.1) is 0 Å². The van der Waals surface area contributed by atoms with Crippen LogP contribution in [0.15, 0.2) is 0 Å². The molecule has 0 aromatic carbocycles. The summed E-state index contributed by atoms with van der Waals surface area (Å²) in [6.45, 7) is 17.7. The molecule has 0 unspecified atom stereocenters. The van der Waals surface area contributed by atoms with Crippen LogP contribution in [0.4, 0.5) is 9.59 Å². The summed E-state index contributed by atoms with van der Waals surface area (Å²) < 4.78 is 10.00. The Morgan fingerprint density at radius 3 is 1.09 bits per heavy atom. The number of ether oxygens (including phenoxy) is 2. The van der Waals surface area contributed by atoms with Crippen molar-refractivity contribution >= 4 is 24.1 Å². The minimum Gasteiger partial charge on any atom is -0.480 e. The van der Waals surface area contributed by atoms with Crippen molar-refractivity contribution < 1.29 is 44.3 Å². The molecule has 2 amide bonds. The highest BCUT2D eigenvalue weighted by atomic mass is 16.6. The molecular formula is C22H44N2O9. The Hall–Kier alpha value is -2.56. The molecule has 33 heavy (non-hydrogen) atoms. The van der Waals surface area contributed by atoms with Crippen molar-refractivity contribution in [1.82, 2.24) is 10.6 Å². The fourth-order valence-corrected chi connectivity index (χ4v) is 2.24. The molecule has 0 heterocycles. The highest BCUT2D eigenvalue weighted by molar-refractivity contribution is 5.80. The van der Waals surface area contributed by atoms with Gasteiger partial charge in [0.1, 0.15) is 23.3 Å². The van der Waals surface area contributed by atoms with Gasteiger partial charge < -0.3 is 35.8 Å². The van der Waals surface area contributed by atoms with E-state index in [1.54, 1.807) is 55.4 Å². The Bertz CT molecular complexity index is 570. The Kier molecular flexibility index (Phi) is 16.3. The van der Waals surface area contributed by atoms with Crippen molar-refractivity contribution in [3.8, 4) is 0 Å². The summed E-state index contributed by atoms with van der Waals surface area (Å²) in [6.07, 6.45) is -0.0418. The third-order valence-electron chi connectivity index (χ3n) is 4.30. The van der Waals surface area contributed by atoms with E-state index in [-0.39, 0.29) is 17.3 Å². The molecule has 6 N–H and O–H groups in total. The Labute approximate surface area is 196 Å². The van der Waals surface area contributed by atoms with Crippen molar-refractivity contribution in [3.63, 3.8) is 0 Å². The van der Waals surface area contributed by atoms with Crippen molar-refractivity contribution in [3.05, 3.63) is 0 Å². The molecule has 11 nitrogen and oxygen atoms in total. The molecule has 0 saturated carbocycles. The van der Waals surface area contributed by atoms with Gasteiger partial charge in [-0.15, -0.1) is 0 Å². The Balaban J connectivity index is -0.000000529. The van der Waals surface area contributed by atoms with Crippen LogP contribution < -0.4 is 10.6 Å². The lowest BCUT2D eigenvalue weighted by Gasteiger charge is -2.24. The molecule has 0 radical (unpaired) electrons. The lowest BCUT2D eigenvalue weighted by Crippen LogP contribution is -2.46. The first kappa shape index (κ1) is 35.0. The van der Waals surface area contributed by atoms with Crippen LogP contribution in [0.2, 0.25) is 0 Å². The number of carbonyl (C=O) groups is 4. The first-order valence-corrected chi connectivity index (χ1v) is 10.8. The number of hydrogen-bond donors (Lipinski definition) is 4. The SMILES string of the molecule is CC[C@H](C)[C@H](NC(=O)OC(C)(C)C)C(=O)O.CC[C@H](C)[C@H](NC(=O)OC(C)(C)C)C(=O)O.O. The van der Waals surface area contributed by atoms with Crippen LogP contribution in [0, 0.1) is 11.8 Å². The number of carbonyl (C=O) groups excluding carboxylic acids is 2. The zero-order valence-electron chi connectivity index (χ0n) is 21.6. The second-order valence-electron chi connectivity index (χ2n) is 9.70. The van der Waals surface area contributed by atoms with Crippen LogP contribution in [0.25, 0.3) is 0 Å². The van der Waals surface area contributed by atoms with Crippen LogP contribution in [-0.4, -0.2) is 63.1 Å². The molecule has 196 valence electrons. The molecule has 4 atom stereocenters. The maximum atomic E-state index is 11.4.